The van der Waals surface area contributed by atoms with Crippen LogP contribution in [-0.4, -0.2) is 17.7 Å². The molecule has 2 N–H and O–H groups in total. The molecule has 0 saturated carbocycles. The van der Waals surface area contributed by atoms with Crippen molar-refractivity contribution in [2.75, 3.05) is 0 Å². The molecule has 0 saturated heterocycles. The molecule has 0 radical (unpaired) electrons. The largest absolute Gasteiger partial charge is 0.506 e. The van der Waals surface area contributed by atoms with Crippen LogP contribution in [0.5, 0.6) is 5.75 Å². The van der Waals surface area contributed by atoms with Crippen LogP contribution in [0, 0.1) is 0 Å². The first-order valence-electron chi connectivity index (χ1n) is 3.88. The summed E-state index contributed by atoms with van der Waals surface area (Å²) >= 11 is 0. The number of aromatic hydroxyl groups is 1. The third-order valence-corrected chi connectivity index (χ3v) is 1.96. The fraction of sp³-hybridized carbons (Fsp3) is 0.111. The van der Waals surface area contributed by atoms with E-state index in [1.165, 1.54) is 6.34 Å². The second-order valence-electron chi connectivity index (χ2n) is 2.75. The van der Waals surface area contributed by atoms with Crippen molar-refractivity contribution < 1.29 is 9.90 Å². The molecule has 13 heavy (non-hydrogen) atoms. The fourth-order valence-electron chi connectivity index (χ4n) is 1.32. The van der Waals surface area contributed by atoms with Gasteiger partial charge >= 0.3 is 0 Å². The Bertz CT molecular complexity index is 374. The van der Waals surface area contributed by atoms with E-state index in [1.54, 1.807) is 18.2 Å². The average molecular weight is 176 g/mol. The zero-order chi connectivity index (χ0) is 9.26. The van der Waals surface area contributed by atoms with Gasteiger partial charge in [0.25, 0.3) is 0 Å². The number of phenols is 1. The first kappa shape index (κ1) is 7.79. The van der Waals surface area contributed by atoms with Crippen LogP contribution in [0.25, 0.3) is 0 Å². The molecule has 1 heterocycles. The van der Waals surface area contributed by atoms with Gasteiger partial charge in [0.2, 0.25) is 0 Å². The predicted molar refractivity (Wildman–Crippen MR) is 48.2 cm³/mol. The Labute approximate surface area is 74.9 Å². The average Bonchev–Trinajstić information content (AvgIpc) is 2.18. The third-order valence-electron chi connectivity index (χ3n) is 1.96. The Kier molecular flexibility index (Phi) is 1.73. The highest BCUT2D eigenvalue weighted by molar-refractivity contribution is 5.79. The van der Waals surface area contributed by atoms with E-state index in [-0.39, 0.29) is 5.75 Å². The standard InChI is InChI=1S/C9H8N2O2/c12-4-7-6-2-1-3-8(13)9(6)11-5-10-7/h1-5,7,13H,(H,10,11). The summed E-state index contributed by atoms with van der Waals surface area (Å²) in [7, 11) is 0. The zero-order valence-corrected chi connectivity index (χ0v) is 6.77. The number of rotatable bonds is 1. The Morgan fingerprint density at radius 1 is 1.54 bits per heavy atom. The first-order chi connectivity index (χ1) is 6.33. The molecule has 0 fully saturated rings. The maximum absolute atomic E-state index is 10.6. The highest BCUT2D eigenvalue weighted by atomic mass is 16.3. The molecule has 1 aliphatic heterocycles. The summed E-state index contributed by atoms with van der Waals surface area (Å²) in [5.74, 6) is 0.0992. The smallest absolute Gasteiger partial charge is 0.146 e. The van der Waals surface area contributed by atoms with Gasteiger partial charge in [-0.2, -0.15) is 0 Å². The van der Waals surface area contributed by atoms with Crippen molar-refractivity contribution in [3.63, 3.8) is 0 Å². The molecule has 1 unspecified atom stereocenters. The lowest BCUT2D eigenvalue weighted by Gasteiger charge is -2.17. The number of phenolic OH excluding ortho intramolecular Hbond substituents is 1. The van der Waals surface area contributed by atoms with E-state index in [2.05, 4.69) is 10.3 Å². The van der Waals surface area contributed by atoms with E-state index in [0.29, 0.717) is 11.3 Å². The van der Waals surface area contributed by atoms with E-state index in [4.69, 9.17) is 0 Å². The summed E-state index contributed by atoms with van der Waals surface area (Å²) in [6.07, 6.45) is 2.20. The Hall–Kier alpha value is -1.84. The highest BCUT2D eigenvalue weighted by Crippen LogP contribution is 2.34. The number of carbonyl (C=O) groups is 1. The molecule has 4 nitrogen and oxygen atoms in total. The number of hydrogen-bond acceptors (Lipinski definition) is 4. The van der Waals surface area contributed by atoms with Gasteiger partial charge in [0.15, 0.2) is 0 Å². The van der Waals surface area contributed by atoms with Gasteiger partial charge in [0.05, 0.1) is 6.34 Å². The number of nitrogens with one attached hydrogen (secondary N) is 1. The van der Waals surface area contributed by atoms with Crippen molar-refractivity contribution in [3.8, 4) is 5.75 Å². The number of aliphatic imine (C=N–C) groups is 1. The Morgan fingerprint density at radius 3 is 3.15 bits per heavy atom. The van der Waals surface area contributed by atoms with E-state index < -0.39 is 6.04 Å². The second kappa shape index (κ2) is 2.90. The minimum absolute atomic E-state index is 0.0992. The van der Waals surface area contributed by atoms with Crippen molar-refractivity contribution in [2.24, 2.45) is 4.99 Å². The lowest BCUT2D eigenvalue weighted by atomic mass is 10.0. The number of carbonyl (C=O) groups excluding carboxylic acids is 1. The van der Waals surface area contributed by atoms with E-state index in [1.807, 2.05) is 0 Å². The zero-order valence-electron chi connectivity index (χ0n) is 6.77. The molecule has 0 amide bonds. The molecule has 66 valence electrons. The number of hydrogen-bond donors (Lipinski definition) is 2. The van der Waals surface area contributed by atoms with Crippen molar-refractivity contribution in [3.05, 3.63) is 23.8 Å². The molecule has 4 heteroatoms. The van der Waals surface area contributed by atoms with Crippen molar-refractivity contribution in [1.82, 2.24) is 5.32 Å². The van der Waals surface area contributed by atoms with Gasteiger partial charge in [0.1, 0.15) is 23.8 Å². The quantitative estimate of drug-likeness (QED) is 0.625. The minimum atomic E-state index is -0.403. The van der Waals surface area contributed by atoms with Gasteiger partial charge in [-0.15, -0.1) is 0 Å². The molecule has 0 aromatic heterocycles. The number of fused-ring (bicyclic) bond motifs is 1. The summed E-state index contributed by atoms with van der Waals surface area (Å²) in [5.41, 5.74) is 1.18. The summed E-state index contributed by atoms with van der Waals surface area (Å²) in [6, 6.07) is 4.59. The molecule has 1 aromatic rings. The van der Waals surface area contributed by atoms with Crippen LogP contribution < -0.4 is 5.32 Å². The van der Waals surface area contributed by atoms with E-state index in [9.17, 15) is 9.90 Å². The van der Waals surface area contributed by atoms with Gasteiger partial charge in [-0.1, -0.05) is 12.1 Å². The summed E-state index contributed by atoms with van der Waals surface area (Å²) in [5, 5.41) is 12.2. The fourth-order valence-corrected chi connectivity index (χ4v) is 1.32. The van der Waals surface area contributed by atoms with Crippen LogP contribution >= 0.6 is 0 Å². The van der Waals surface area contributed by atoms with Crippen LogP contribution in [0.2, 0.25) is 0 Å². The molecule has 1 aliphatic rings. The SMILES string of the molecule is O=CC1NC=Nc2c(O)cccc21. The molecular formula is C9H8N2O2. The topological polar surface area (TPSA) is 61.7 Å². The summed E-state index contributed by atoms with van der Waals surface area (Å²) in [6.45, 7) is 0. The van der Waals surface area contributed by atoms with Crippen molar-refractivity contribution >= 4 is 18.3 Å². The normalized spacial score (nSPS) is 18.9. The predicted octanol–water partition coefficient (Wildman–Crippen LogP) is 0.895. The van der Waals surface area contributed by atoms with Gasteiger partial charge < -0.3 is 15.2 Å². The van der Waals surface area contributed by atoms with Crippen molar-refractivity contribution in [1.29, 1.82) is 0 Å². The van der Waals surface area contributed by atoms with E-state index in [0.717, 1.165) is 6.29 Å². The number of benzene rings is 1. The third kappa shape index (κ3) is 1.16. The lowest BCUT2D eigenvalue weighted by molar-refractivity contribution is -0.109. The van der Waals surface area contributed by atoms with Crippen LogP contribution in [0.1, 0.15) is 11.6 Å². The van der Waals surface area contributed by atoms with Gasteiger partial charge in [-0.3, -0.25) is 0 Å². The van der Waals surface area contributed by atoms with Crippen LogP contribution in [0.4, 0.5) is 5.69 Å². The van der Waals surface area contributed by atoms with Crippen LogP contribution in [0.15, 0.2) is 23.2 Å². The number of nitrogens with zero attached hydrogens (tertiary/aromatic N) is 1. The Morgan fingerprint density at radius 2 is 2.38 bits per heavy atom. The highest BCUT2D eigenvalue weighted by Gasteiger charge is 2.18. The van der Waals surface area contributed by atoms with Gasteiger partial charge in [-0.05, 0) is 6.07 Å². The maximum atomic E-state index is 10.6. The number of para-hydroxylation sites is 1. The minimum Gasteiger partial charge on any atom is -0.506 e. The van der Waals surface area contributed by atoms with Crippen LogP contribution in [-0.2, 0) is 4.79 Å². The molecule has 1 atom stereocenters. The molecule has 0 bridgehead atoms. The van der Waals surface area contributed by atoms with Gasteiger partial charge in [-0.25, -0.2) is 4.99 Å². The molecular weight excluding hydrogens is 168 g/mol. The number of aldehydes is 1. The maximum Gasteiger partial charge on any atom is 0.146 e. The molecule has 2 rings (SSSR count). The Balaban J connectivity index is 2.59. The molecule has 0 spiro atoms. The van der Waals surface area contributed by atoms with Gasteiger partial charge in [0, 0.05) is 5.56 Å². The summed E-state index contributed by atoms with van der Waals surface area (Å²) in [4.78, 5) is 14.6. The molecule has 0 aliphatic carbocycles. The second-order valence-corrected chi connectivity index (χ2v) is 2.75. The lowest BCUT2D eigenvalue weighted by Crippen LogP contribution is -2.23. The first-order valence-corrected chi connectivity index (χ1v) is 3.88. The monoisotopic (exact) mass is 176 g/mol. The molecule has 1 aromatic carbocycles. The van der Waals surface area contributed by atoms with E-state index >= 15 is 0 Å². The van der Waals surface area contributed by atoms with Crippen LogP contribution in [0.3, 0.4) is 0 Å². The summed E-state index contributed by atoms with van der Waals surface area (Å²) < 4.78 is 0. The van der Waals surface area contributed by atoms with Crippen molar-refractivity contribution in [2.45, 2.75) is 6.04 Å².